The molecular weight excluding hydrogens is 542 g/mol. The van der Waals surface area contributed by atoms with E-state index in [1.807, 2.05) is 24.3 Å². The Balaban J connectivity index is 1.48. The van der Waals surface area contributed by atoms with Gasteiger partial charge in [0.05, 0.1) is 12.6 Å². The molecule has 1 spiro atoms. The molecule has 2 N–H and O–H groups in total. The zero-order valence-electron chi connectivity index (χ0n) is 26.1. The smallest absolute Gasteiger partial charge is 0.275 e. The standard InChI is InChI=1S/C32H43N9O2/c1-30(2,3)14-13-25(21-7-9-22(10-8-21)28(42)35-19-26-37-39-40-38-26)41-29(43)27(23-17-33-20-34-18-23)36-32(41)15-11-24(12-16-32)31(4,5)6/h7-10,17-18,20,24-25H,11-16,19H2,1-6H3,(H,35,42)(H,37,38,39,40)/t24?,25-,32?/m1/s1. The van der Waals surface area contributed by atoms with E-state index < -0.39 is 5.66 Å². The van der Waals surface area contributed by atoms with E-state index in [0.717, 1.165) is 44.1 Å². The first-order valence-corrected chi connectivity index (χ1v) is 15.2. The number of aliphatic imine (C=N–C) groups is 1. The van der Waals surface area contributed by atoms with Gasteiger partial charge in [-0.15, -0.1) is 10.2 Å². The molecule has 0 bridgehead atoms. The molecule has 43 heavy (non-hydrogen) atoms. The predicted octanol–water partition coefficient (Wildman–Crippen LogP) is 5.05. The molecule has 2 amide bonds. The van der Waals surface area contributed by atoms with Crippen LogP contribution >= 0.6 is 0 Å². The van der Waals surface area contributed by atoms with E-state index in [-0.39, 0.29) is 35.2 Å². The number of tetrazole rings is 1. The summed E-state index contributed by atoms with van der Waals surface area (Å²) in [6.07, 6.45) is 10.1. The van der Waals surface area contributed by atoms with Gasteiger partial charge in [0.2, 0.25) is 0 Å². The van der Waals surface area contributed by atoms with Crippen LogP contribution in [0.4, 0.5) is 0 Å². The Morgan fingerprint density at radius 3 is 2.33 bits per heavy atom. The van der Waals surface area contributed by atoms with E-state index in [2.05, 4.69) is 82.4 Å². The summed E-state index contributed by atoms with van der Waals surface area (Å²) in [4.78, 5) is 42.9. The van der Waals surface area contributed by atoms with Crippen LogP contribution < -0.4 is 5.32 Å². The van der Waals surface area contributed by atoms with E-state index in [9.17, 15) is 9.59 Å². The van der Waals surface area contributed by atoms with Crippen molar-refractivity contribution in [2.75, 3.05) is 0 Å². The lowest BCUT2D eigenvalue weighted by molar-refractivity contribution is -0.134. The molecule has 1 atom stereocenters. The highest BCUT2D eigenvalue weighted by Gasteiger charge is 2.52. The monoisotopic (exact) mass is 585 g/mol. The minimum atomic E-state index is -0.632. The van der Waals surface area contributed by atoms with Crippen LogP contribution in [0.5, 0.6) is 0 Å². The number of amides is 2. The third-order valence-corrected chi connectivity index (χ3v) is 8.87. The second-order valence-electron chi connectivity index (χ2n) is 14.1. The molecule has 1 aliphatic heterocycles. The quantitative estimate of drug-likeness (QED) is 0.377. The summed E-state index contributed by atoms with van der Waals surface area (Å²) in [6, 6.07) is 7.38. The van der Waals surface area contributed by atoms with Crippen molar-refractivity contribution in [3.05, 3.63) is 65.5 Å². The lowest BCUT2D eigenvalue weighted by Gasteiger charge is -2.47. The summed E-state index contributed by atoms with van der Waals surface area (Å²) in [6.45, 7) is 13.7. The van der Waals surface area contributed by atoms with Gasteiger partial charge in [-0.1, -0.05) is 58.9 Å². The van der Waals surface area contributed by atoms with Gasteiger partial charge in [0, 0.05) is 23.5 Å². The molecule has 1 aromatic carbocycles. The molecule has 3 heterocycles. The Labute approximate surface area is 253 Å². The molecule has 2 aromatic heterocycles. The van der Waals surface area contributed by atoms with Crippen molar-refractivity contribution in [1.29, 1.82) is 0 Å². The Kier molecular flexibility index (Phi) is 8.45. The van der Waals surface area contributed by atoms with Crippen LogP contribution in [0.1, 0.15) is 113 Å². The molecule has 11 nitrogen and oxygen atoms in total. The largest absolute Gasteiger partial charge is 0.345 e. The van der Waals surface area contributed by atoms with Crippen molar-refractivity contribution in [3.63, 3.8) is 0 Å². The van der Waals surface area contributed by atoms with Crippen LogP contribution in [0.3, 0.4) is 0 Å². The number of benzene rings is 1. The fourth-order valence-corrected chi connectivity index (χ4v) is 6.34. The number of hydrogen-bond acceptors (Lipinski definition) is 8. The average Bonchev–Trinajstić information content (AvgIpc) is 3.59. The molecule has 11 heteroatoms. The first-order valence-electron chi connectivity index (χ1n) is 15.2. The maximum absolute atomic E-state index is 14.4. The second-order valence-corrected chi connectivity index (χ2v) is 14.1. The maximum atomic E-state index is 14.4. The summed E-state index contributed by atoms with van der Waals surface area (Å²) in [5.41, 5.74) is 2.24. The number of carbonyl (C=O) groups is 2. The van der Waals surface area contributed by atoms with Crippen LogP contribution in [0.2, 0.25) is 0 Å². The molecule has 1 aliphatic carbocycles. The molecule has 0 unspecified atom stereocenters. The summed E-state index contributed by atoms with van der Waals surface area (Å²) >= 11 is 0. The number of rotatable bonds is 8. The maximum Gasteiger partial charge on any atom is 0.275 e. The normalized spacial score (nSPS) is 21.6. The Morgan fingerprint density at radius 2 is 1.74 bits per heavy atom. The van der Waals surface area contributed by atoms with Crippen molar-refractivity contribution in [2.24, 2.45) is 21.7 Å². The number of hydrogen-bond donors (Lipinski definition) is 2. The average molecular weight is 586 g/mol. The van der Waals surface area contributed by atoms with Gasteiger partial charge in [-0.05, 0) is 73.0 Å². The molecule has 5 rings (SSSR count). The molecule has 3 aromatic rings. The summed E-state index contributed by atoms with van der Waals surface area (Å²) in [5, 5.41) is 16.5. The lowest BCUT2D eigenvalue weighted by atomic mass is 9.69. The van der Waals surface area contributed by atoms with Gasteiger partial charge in [0.25, 0.3) is 11.8 Å². The van der Waals surface area contributed by atoms with Crippen LogP contribution in [-0.2, 0) is 11.3 Å². The number of H-pyrrole nitrogens is 1. The van der Waals surface area contributed by atoms with Crippen LogP contribution in [-0.4, -0.2) is 58.7 Å². The Morgan fingerprint density at radius 1 is 1.07 bits per heavy atom. The fraction of sp³-hybridized carbons (Fsp3) is 0.562. The van der Waals surface area contributed by atoms with Crippen LogP contribution in [0.15, 0.2) is 48.0 Å². The Hall–Kier alpha value is -4.02. The number of aromatic nitrogens is 6. The van der Waals surface area contributed by atoms with Crippen molar-refractivity contribution in [1.82, 2.24) is 40.8 Å². The number of nitrogens with one attached hydrogen (secondary N) is 2. The first kappa shape index (κ1) is 30.4. The molecule has 0 radical (unpaired) electrons. The van der Waals surface area contributed by atoms with E-state index in [0.29, 0.717) is 28.6 Å². The summed E-state index contributed by atoms with van der Waals surface area (Å²) in [5.74, 6) is 0.662. The van der Waals surface area contributed by atoms with Gasteiger partial charge in [0.1, 0.15) is 17.7 Å². The highest BCUT2D eigenvalue weighted by molar-refractivity contribution is 6.46. The minimum absolute atomic E-state index is 0.0734. The van der Waals surface area contributed by atoms with E-state index in [1.54, 1.807) is 12.4 Å². The minimum Gasteiger partial charge on any atom is -0.345 e. The number of aromatic amines is 1. The molecule has 228 valence electrons. The molecule has 2 aliphatic rings. The van der Waals surface area contributed by atoms with Crippen molar-refractivity contribution in [3.8, 4) is 0 Å². The van der Waals surface area contributed by atoms with Crippen molar-refractivity contribution >= 4 is 17.5 Å². The SMILES string of the molecule is CC(C)(C)CC[C@H](c1ccc(C(=O)NCc2nn[nH]n2)cc1)N1C(=O)C(c2cncnc2)=NC12CCC(C(C)(C)C)CC2. The topological polar surface area (TPSA) is 142 Å². The zero-order valence-corrected chi connectivity index (χ0v) is 26.1. The van der Waals surface area contributed by atoms with Crippen molar-refractivity contribution < 1.29 is 9.59 Å². The number of nitrogens with zero attached hydrogens (tertiary/aromatic N) is 7. The third kappa shape index (κ3) is 6.81. The van der Waals surface area contributed by atoms with Crippen molar-refractivity contribution in [2.45, 2.75) is 98.3 Å². The predicted molar refractivity (Wildman–Crippen MR) is 163 cm³/mol. The summed E-state index contributed by atoms with van der Waals surface area (Å²) < 4.78 is 0. The van der Waals surface area contributed by atoms with Gasteiger partial charge in [-0.2, -0.15) is 5.21 Å². The fourth-order valence-electron chi connectivity index (χ4n) is 6.34. The van der Waals surface area contributed by atoms with Gasteiger partial charge in [-0.3, -0.25) is 14.6 Å². The van der Waals surface area contributed by atoms with Crippen LogP contribution in [0, 0.1) is 16.7 Å². The first-order chi connectivity index (χ1) is 20.4. The lowest BCUT2D eigenvalue weighted by Crippen LogP contribution is -2.51. The third-order valence-electron chi connectivity index (χ3n) is 8.87. The highest BCUT2D eigenvalue weighted by Crippen LogP contribution is 2.50. The molecule has 1 fully saturated rings. The second kappa shape index (κ2) is 11.9. The molecule has 0 saturated heterocycles. The number of carbonyl (C=O) groups excluding carboxylic acids is 2. The van der Waals surface area contributed by atoms with Gasteiger partial charge in [0.15, 0.2) is 5.82 Å². The Bertz CT molecular complexity index is 1430. The summed E-state index contributed by atoms with van der Waals surface area (Å²) in [7, 11) is 0. The molecule has 1 saturated carbocycles. The zero-order chi connectivity index (χ0) is 30.8. The van der Waals surface area contributed by atoms with E-state index >= 15 is 0 Å². The van der Waals surface area contributed by atoms with E-state index in [4.69, 9.17) is 4.99 Å². The highest BCUT2D eigenvalue weighted by atomic mass is 16.2. The van der Waals surface area contributed by atoms with Crippen LogP contribution in [0.25, 0.3) is 0 Å². The molecular formula is C32H43N9O2. The van der Waals surface area contributed by atoms with Gasteiger partial charge < -0.3 is 10.2 Å². The van der Waals surface area contributed by atoms with Gasteiger partial charge >= 0.3 is 0 Å². The van der Waals surface area contributed by atoms with E-state index in [1.165, 1.54) is 6.33 Å². The van der Waals surface area contributed by atoms with Gasteiger partial charge in [-0.25, -0.2) is 9.97 Å².